The molecule has 2 heterocycles. The normalized spacial score (nSPS) is 16.6. The Balaban J connectivity index is 1.55. The number of benzene rings is 1. The molecule has 0 spiro atoms. The smallest absolute Gasteiger partial charge is 0.233 e. The minimum absolute atomic E-state index is 0.0661. The van der Waals surface area contributed by atoms with Crippen LogP contribution in [0, 0.1) is 0 Å². The molecule has 1 saturated heterocycles. The minimum Gasteiger partial charge on any atom is -0.496 e. The number of aromatic nitrogens is 2. The maximum absolute atomic E-state index is 12.5. The van der Waals surface area contributed by atoms with Crippen LogP contribution < -0.4 is 14.2 Å². The summed E-state index contributed by atoms with van der Waals surface area (Å²) in [5, 5.41) is 7.83. The molecule has 1 atom stereocenters. The number of hydrogen-bond donors (Lipinski definition) is 0. The summed E-state index contributed by atoms with van der Waals surface area (Å²) in [7, 11) is 3.14. The first-order chi connectivity index (χ1) is 12.2. The highest BCUT2D eigenvalue weighted by Crippen LogP contribution is 2.21. The molecule has 7 nitrogen and oxygen atoms in total. The Bertz CT molecular complexity index is 721. The molecule has 0 N–H and O–H groups in total. The van der Waals surface area contributed by atoms with Gasteiger partial charge in [-0.2, -0.15) is 0 Å². The van der Waals surface area contributed by atoms with Crippen LogP contribution in [0.5, 0.6) is 17.5 Å². The van der Waals surface area contributed by atoms with Gasteiger partial charge in [0.15, 0.2) is 0 Å². The van der Waals surface area contributed by atoms with Gasteiger partial charge in [-0.1, -0.05) is 18.2 Å². The van der Waals surface area contributed by atoms with E-state index in [2.05, 4.69) is 10.2 Å². The topological polar surface area (TPSA) is 73.8 Å². The number of para-hydroxylation sites is 1. The Kier molecular flexibility index (Phi) is 5.33. The fraction of sp³-hybridized carbons (Fsp3) is 0.389. The third-order valence-corrected chi connectivity index (χ3v) is 4.14. The van der Waals surface area contributed by atoms with E-state index in [1.807, 2.05) is 29.2 Å². The van der Waals surface area contributed by atoms with E-state index in [4.69, 9.17) is 14.2 Å². The lowest BCUT2D eigenvalue weighted by Crippen LogP contribution is -2.32. The van der Waals surface area contributed by atoms with Gasteiger partial charge < -0.3 is 19.1 Å². The third kappa shape index (κ3) is 4.17. The molecule has 3 rings (SSSR count). The van der Waals surface area contributed by atoms with Crippen molar-refractivity contribution in [2.24, 2.45) is 0 Å². The lowest BCUT2D eigenvalue weighted by Gasteiger charge is -2.17. The molecule has 1 amide bonds. The molecule has 1 fully saturated rings. The van der Waals surface area contributed by atoms with Crippen LogP contribution in [-0.2, 0) is 11.2 Å². The summed E-state index contributed by atoms with van der Waals surface area (Å²) in [6.45, 7) is 1.21. The quantitative estimate of drug-likeness (QED) is 0.795. The lowest BCUT2D eigenvalue weighted by molar-refractivity contribution is -0.129. The number of methoxy groups -OCH3 is 2. The second-order valence-electron chi connectivity index (χ2n) is 5.77. The molecule has 132 valence electrons. The second kappa shape index (κ2) is 7.83. The fourth-order valence-corrected chi connectivity index (χ4v) is 2.82. The molecule has 0 radical (unpaired) electrons. The lowest BCUT2D eigenvalue weighted by atomic mass is 10.1. The predicted molar refractivity (Wildman–Crippen MR) is 90.9 cm³/mol. The molecule has 1 aromatic heterocycles. The van der Waals surface area contributed by atoms with E-state index in [1.165, 1.54) is 7.11 Å². The maximum Gasteiger partial charge on any atom is 0.233 e. The summed E-state index contributed by atoms with van der Waals surface area (Å²) < 4.78 is 16.1. The molecule has 1 aromatic carbocycles. The van der Waals surface area contributed by atoms with Crippen LogP contribution in [0.1, 0.15) is 12.0 Å². The van der Waals surface area contributed by atoms with E-state index in [-0.39, 0.29) is 12.0 Å². The van der Waals surface area contributed by atoms with Gasteiger partial charge in [0.1, 0.15) is 11.9 Å². The largest absolute Gasteiger partial charge is 0.496 e. The summed E-state index contributed by atoms with van der Waals surface area (Å²) in [4.78, 5) is 14.3. The molecule has 1 aliphatic rings. The Morgan fingerprint density at radius 2 is 1.88 bits per heavy atom. The van der Waals surface area contributed by atoms with Crippen LogP contribution in [0.4, 0.5) is 0 Å². The van der Waals surface area contributed by atoms with Crippen molar-refractivity contribution in [1.29, 1.82) is 0 Å². The molecule has 0 bridgehead atoms. The standard InChI is InChI=1S/C18H21N3O4/c1-23-15-6-4-3-5-13(15)11-18(22)21-10-9-14(12-21)25-17-8-7-16(24-2)19-20-17/h3-8,14H,9-12H2,1-2H3. The van der Waals surface area contributed by atoms with Crippen molar-refractivity contribution < 1.29 is 19.0 Å². The van der Waals surface area contributed by atoms with Crippen LogP contribution in [0.15, 0.2) is 36.4 Å². The number of amides is 1. The van der Waals surface area contributed by atoms with Gasteiger partial charge in [0, 0.05) is 30.7 Å². The zero-order valence-corrected chi connectivity index (χ0v) is 14.3. The van der Waals surface area contributed by atoms with Crippen LogP contribution in [0.25, 0.3) is 0 Å². The number of ether oxygens (including phenoxy) is 3. The van der Waals surface area contributed by atoms with Crippen LogP contribution in [0.2, 0.25) is 0 Å². The van der Waals surface area contributed by atoms with Crippen molar-refractivity contribution in [3.8, 4) is 17.5 Å². The predicted octanol–water partition coefficient (Wildman–Crippen LogP) is 1.72. The van der Waals surface area contributed by atoms with Crippen molar-refractivity contribution in [2.45, 2.75) is 18.9 Å². The molecule has 25 heavy (non-hydrogen) atoms. The first-order valence-corrected chi connectivity index (χ1v) is 8.13. The first kappa shape index (κ1) is 17.0. The molecule has 2 aromatic rings. The monoisotopic (exact) mass is 343 g/mol. The van der Waals surface area contributed by atoms with E-state index in [0.717, 1.165) is 17.7 Å². The number of rotatable bonds is 6. The number of nitrogens with zero attached hydrogens (tertiary/aromatic N) is 3. The van der Waals surface area contributed by atoms with E-state index < -0.39 is 0 Å². The highest BCUT2D eigenvalue weighted by molar-refractivity contribution is 5.79. The molecule has 0 aliphatic carbocycles. The fourth-order valence-electron chi connectivity index (χ4n) is 2.82. The van der Waals surface area contributed by atoms with Crippen molar-refractivity contribution >= 4 is 5.91 Å². The molecular weight excluding hydrogens is 322 g/mol. The second-order valence-corrected chi connectivity index (χ2v) is 5.77. The van der Waals surface area contributed by atoms with Gasteiger partial charge in [-0.05, 0) is 6.07 Å². The Morgan fingerprint density at radius 1 is 1.12 bits per heavy atom. The van der Waals surface area contributed by atoms with Gasteiger partial charge >= 0.3 is 0 Å². The summed E-state index contributed by atoms with van der Waals surface area (Å²) in [6, 6.07) is 11.0. The maximum atomic E-state index is 12.5. The zero-order valence-electron chi connectivity index (χ0n) is 14.3. The minimum atomic E-state index is -0.0793. The number of carbonyl (C=O) groups excluding carboxylic acids is 1. The third-order valence-electron chi connectivity index (χ3n) is 4.14. The zero-order chi connectivity index (χ0) is 17.6. The van der Waals surface area contributed by atoms with E-state index in [1.54, 1.807) is 19.2 Å². The Morgan fingerprint density at radius 3 is 2.60 bits per heavy atom. The molecule has 7 heteroatoms. The molecular formula is C18H21N3O4. The average Bonchev–Trinajstić information content (AvgIpc) is 3.11. The average molecular weight is 343 g/mol. The highest BCUT2D eigenvalue weighted by Gasteiger charge is 2.28. The van der Waals surface area contributed by atoms with Crippen LogP contribution in [-0.4, -0.2) is 54.4 Å². The van der Waals surface area contributed by atoms with Crippen molar-refractivity contribution in [3.63, 3.8) is 0 Å². The van der Waals surface area contributed by atoms with Gasteiger partial charge in [0.2, 0.25) is 17.7 Å². The number of carbonyl (C=O) groups is 1. The van der Waals surface area contributed by atoms with Crippen molar-refractivity contribution in [3.05, 3.63) is 42.0 Å². The van der Waals surface area contributed by atoms with Crippen LogP contribution >= 0.6 is 0 Å². The molecule has 1 aliphatic heterocycles. The van der Waals surface area contributed by atoms with Gasteiger partial charge in [0.25, 0.3) is 0 Å². The van der Waals surface area contributed by atoms with Crippen molar-refractivity contribution in [1.82, 2.24) is 15.1 Å². The van der Waals surface area contributed by atoms with Gasteiger partial charge in [-0.3, -0.25) is 4.79 Å². The van der Waals surface area contributed by atoms with Gasteiger partial charge in [0.05, 0.1) is 27.2 Å². The van der Waals surface area contributed by atoms with Gasteiger partial charge in [-0.15, -0.1) is 10.2 Å². The van der Waals surface area contributed by atoms with Crippen LogP contribution in [0.3, 0.4) is 0 Å². The summed E-state index contributed by atoms with van der Waals surface area (Å²) >= 11 is 0. The van der Waals surface area contributed by atoms with E-state index in [9.17, 15) is 4.79 Å². The summed E-state index contributed by atoms with van der Waals surface area (Å²) in [5.74, 6) is 1.67. The SMILES string of the molecule is COc1ccc(OC2CCN(C(=O)Cc3ccccc3OC)C2)nn1. The van der Waals surface area contributed by atoms with E-state index >= 15 is 0 Å². The Hall–Kier alpha value is -2.83. The van der Waals surface area contributed by atoms with E-state index in [0.29, 0.717) is 31.3 Å². The highest BCUT2D eigenvalue weighted by atomic mass is 16.5. The van der Waals surface area contributed by atoms with Crippen molar-refractivity contribution in [2.75, 3.05) is 27.3 Å². The Labute approximate surface area is 146 Å². The number of likely N-dealkylation sites (tertiary alicyclic amines) is 1. The summed E-state index contributed by atoms with van der Waals surface area (Å²) in [6.07, 6.45) is 1.01. The number of hydrogen-bond acceptors (Lipinski definition) is 6. The summed E-state index contributed by atoms with van der Waals surface area (Å²) in [5.41, 5.74) is 0.889. The molecule has 1 unspecified atom stereocenters. The molecule has 0 saturated carbocycles. The van der Waals surface area contributed by atoms with Gasteiger partial charge in [-0.25, -0.2) is 0 Å². The first-order valence-electron chi connectivity index (χ1n) is 8.13.